The van der Waals surface area contributed by atoms with E-state index in [1.54, 1.807) is 6.92 Å². The van der Waals surface area contributed by atoms with Crippen LogP contribution < -0.4 is 11.1 Å². The summed E-state index contributed by atoms with van der Waals surface area (Å²) in [5.74, 6) is -0.0711. The van der Waals surface area contributed by atoms with E-state index in [1.807, 2.05) is 11.3 Å². The van der Waals surface area contributed by atoms with E-state index in [0.29, 0.717) is 6.54 Å². The number of hydrogen-bond acceptors (Lipinski definition) is 4. The van der Waals surface area contributed by atoms with E-state index in [1.165, 1.54) is 10.4 Å². The minimum atomic E-state index is -0.417. The van der Waals surface area contributed by atoms with E-state index >= 15 is 0 Å². The highest BCUT2D eigenvalue weighted by Gasteiger charge is 2.16. The Hall–Kier alpha value is -0.910. The van der Waals surface area contributed by atoms with Crippen molar-refractivity contribution in [2.45, 2.75) is 25.9 Å². The molecule has 2 rings (SSSR count). The van der Waals surface area contributed by atoms with Crippen molar-refractivity contribution in [2.75, 3.05) is 19.6 Å². The maximum absolute atomic E-state index is 11.3. The zero-order valence-electron chi connectivity index (χ0n) is 10.1. The first-order chi connectivity index (χ1) is 8.16. The maximum Gasteiger partial charge on any atom is 0.236 e. The van der Waals surface area contributed by atoms with Crippen LogP contribution in [0.1, 0.15) is 17.4 Å². The number of rotatable bonds is 4. The van der Waals surface area contributed by atoms with Crippen molar-refractivity contribution < 1.29 is 4.79 Å². The zero-order chi connectivity index (χ0) is 12.3. The monoisotopic (exact) mass is 253 g/mol. The number of thiophene rings is 1. The summed E-state index contributed by atoms with van der Waals surface area (Å²) in [6, 6.07) is 1.78. The minimum Gasteiger partial charge on any atom is -0.353 e. The van der Waals surface area contributed by atoms with Gasteiger partial charge in [-0.15, -0.1) is 11.3 Å². The predicted octanol–water partition coefficient (Wildman–Crippen LogP) is 0.570. The third-order valence-electron chi connectivity index (χ3n) is 3.03. The smallest absolute Gasteiger partial charge is 0.236 e. The third kappa shape index (κ3) is 3.28. The number of amides is 1. The highest BCUT2D eigenvalue weighted by Crippen LogP contribution is 2.23. The molecule has 1 aromatic heterocycles. The number of nitrogens with zero attached hydrogens (tertiary/aromatic N) is 1. The largest absolute Gasteiger partial charge is 0.353 e. The van der Waals surface area contributed by atoms with Crippen LogP contribution >= 0.6 is 11.3 Å². The van der Waals surface area contributed by atoms with Gasteiger partial charge in [-0.25, -0.2) is 0 Å². The molecule has 1 amide bonds. The Kier molecular flexibility index (Phi) is 4.15. The lowest BCUT2D eigenvalue weighted by Crippen LogP contribution is -2.42. The molecule has 1 unspecified atom stereocenters. The molecule has 0 bridgehead atoms. The second kappa shape index (κ2) is 5.62. The fourth-order valence-corrected chi connectivity index (χ4v) is 2.89. The summed E-state index contributed by atoms with van der Waals surface area (Å²) in [6.45, 7) is 5.37. The molecule has 0 saturated heterocycles. The van der Waals surface area contributed by atoms with Crippen LogP contribution in [-0.2, 0) is 17.8 Å². The molecule has 94 valence electrons. The van der Waals surface area contributed by atoms with Crippen LogP contribution in [0, 0.1) is 0 Å². The van der Waals surface area contributed by atoms with Gasteiger partial charge < -0.3 is 11.1 Å². The lowest BCUT2D eigenvalue weighted by molar-refractivity contribution is -0.122. The summed E-state index contributed by atoms with van der Waals surface area (Å²) in [5, 5.41) is 5.00. The Labute approximate surface area is 106 Å². The highest BCUT2D eigenvalue weighted by molar-refractivity contribution is 7.10. The van der Waals surface area contributed by atoms with Crippen LogP contribution in [0.3, 0.4) is 0 Å². The lowest BCUT2D eigenvalue weighted by Gasteiger charge is -2.26. The average molecular weight is 253 g/mol. The molecular weight excluding hydrogens is 234 g/mol. The van der Waals surface area contributed by atoms with Crippen molar-refractivity contribution >= 4 is 17.2 Å². The molecular formula is C12H19N3OS. The van der Waals surface area contributed by atoms with Crippen LogP contribution in [0.25, 0.3) is 0 Å². The summed E-state index contributed by atoms with van der Waals surface area (Å²) in [4.78, 5) is 15.2. The molecule has 1 aliphatic rings. The van der Waals surface area contributed by atoms with Gasteiger partial charge >= 0.3 is 0 Å². The Morgan fingerprint density at radius 3 is 3.29 bits per heavy atom. The van der Waals surface area contributed by atoms with E-state index in [4.69, 9.17) is 5.73 Å². The first-order valence-electron chi connectivity index (χ1n) is 5.97. The molecule has 17 heavy (non-hydrogen) atoms. The molecule has 4 nitrogen and oxygen atoms in total. The third-order valence-corrected chi connectivity index (χ3v) is 4.05. The van der Waals surface area contributed by atoms with Crippen molar-refractivity contribution in [3.05, 3.63) is 21.9 Å². The van der Waals surface area contributed by atoms with Crippen LogP contribution in [-0.4, -0.2) is 36.5 Å². The van der Waals surface area contributed by atoms with Crippen LogP contribution in [0.2, 0.25) is 0 Å². The van der Waals surface area contributed by atoms with E-state index in [2.05, 4.69) is 21.7 Å². The molecule has 2 heterocycles. The number of fused-ring (bicyclic) bond motifs is 1. The Morgan fingerprint density at radius 1 is 1.71 bits per heavy atom. The normalized spacial score (nSPS) is 17.5. The van der Waals surface area contributed by atoms with Gasteiger partial charge in [0.15, 0.2) is 0 Å². The number of carbonyl (C=O) groups excluding carboxylic acids is 1. The molecule has 1 aromatic rings. The second-order valence-electron chi connectivity index (χ2n) is 4.47. The van der Waals surface area contributed by atoms with Gasteiger partial charge in [0, 0.05) is 31.1 Å². The average Bonchev–Trinajstić information content (AvgIpc) is 2.75. The van der Waals surface area contributed by atoms with E-state index in [-0.39, 0.29) is 5.91 Å². The summed E-state index contributed by atoms with van der Waals surface area (Å²) in [5.41, 5.74) is 6.92. The lowest BCUT2D eigenvalue weighted by atomic mass is 10.1. The quantitative estimate of drug-likeness (QED) is 0.825. The molecule has 3 N–H and O–H groups in total. The Bertz CT molecular complexity index is 389. The summed E-state index contributed by atoms with van der Waals surface area (Å²) in [7, 11) is 0. The van der Waals surface area contributed by atoms with Crippen molar-refractivity contribution in [3.63, 3.8) is 0 Å². The van der Waals surface area contributed by atoms with Gasteiger partial charge in [-0.3, -0.25) is 9.69 Å². The predicted molar refractivity (Wildman–Crippen MR) is 70.0 cm³/mol. The zero-order valence-corrected chi connectivity index (χ0v) is 10.9. The molecule has 1 atom stereocenters. The number of nitrogens with two attached hydrogens (primary N) is 1. The van der Waals surface area contributed by atoms with Crippen LogP contribution in [0.4, 0.5) is 0 Å². The minimum absolute atomic E-state index is 0.0711. The van der Waals surface area contributed by atoms with Crippen molar-refractivity contribution in [1.82, 2.24) is 10.2 Å². The van der Waals surface area contributed by atoms with Crippen LogP contribution in [0.15, 0.2) is 11.4 Å². The molecule has 5 heteroatoms. The van der Waals surface area contributed by atoms with Crippen molar-refractivity contribution in [3.8, 4) is 0 Å². The molecule has 0 radical (unpaired) electrons. The van der Waals surface area contributed by atoms with Gasteiger partial charge in [-0.2, -0.15) is 0 Å². The van der Waals surface area contributed by atoms with E-state index in [9.17, 15) is 4.79 Å². The number of carbonyl (C=O) groups is 1. The van der Waals surface area contributed by atoms with Gasteiger partial charge in [0.25, 0.3) is 0 Å². The summed E-state index contributed by atoms with van der Waals surface area (Å²) in [6.07, 6.45) is 1.13. The standard InChI is InChI=1S/C12H19N3OS/c1-9(13)12(16)14-4-6-15-5-2-11-10(8-15)3-7-17-11/h3,7,9H,2,4-6,8,13H2,1H3,(H,14,16). The van der Waals surface area contributed by atoms with Gasteiger partial charge in [-0.05, 0) is 30.4 Å². The molecule has 0 saturated carbocycles. The molecule has 0 spiro atoms. The van der Waals surface area contributed by atoms with Gasteiger partial charge in [0.05, 0.1) is 6.04 Å². The first kappa shape index (κ1) is 12.5. The first-order valence-corrected chi connectivity index (χ1v) is 6.85. The molecule has 1 aliphatic heterocycles. The fraction of sp³-hybridized carbons (Fsp3) is 0.583. The van der Waals surface area contributed by atoms with E-state index < -0.39 is 6.04 Å². The SMILES string of the molecule is CC(N)C(=O)NCCN1CCc2sccc2C1. The highest BCUT2D eigenvalue weighted by atomic mass is 32.1. The maximum atomic E-state index is 11.3. The van der Waals surface area contributed by atoms with Crippen molar-refractivity contribution in [2.24, 2.45) is 5.73 Å². The molecule has 0 aliphatic carbocycles. The second-order valence-corrected chi connectivity index (χ2v) is 5.48. The topological polar surface area (TPSA) is 58.4 Å². The summed E-state index contributed by atoms with van der Waals surface area (Å²) < 4.78 is 0. The Balaban J connectivity index is 1.73. The van der Waals surface area contributed by atoms with E-state index in [0.717, 1.165) is 26.1 Å². The molecule has 0 fully saturated rings. The fourth-order valence-electron chi connectivity index (χ4n) is 2.00. The molecule has 0 aromatic carbocycles. The van der Waals surface area contributed by atoms with Gasteiger partial charge in [-0.1, -0.05) is 0 Å². The van der Waals surface area contributed by atoms with Crippen molar-refractivity contribution in [1.29, 1.82) is 0 Å². The number of hydrogen-bond donors (Lipinski definition) is 2. The number of nitrogens with one attached hydrogen (secondary N) is 1. The Morgan fingerprint density at radius 2 is 2.53 bits per heavy atom. The van der Waals surface area contributed by atoms with Crippen LogP contribution in [0.5, 0.6) is 0 Å². The van der Waals surface area contributed by atoms with Gasteiger partial charge in [0.1, 0.15) is 0 Å². The summed E-state index contributed by atoms with van der Waals surface area (Å²) >= 11 is 1.85. The van der Waals surface area contributed by atoms with Gasteiger partial charge in [0.2, 0.25) is 5.91 Å².